The van der Waals surface area contributed by atoms with E-state index in [9.17, 15) is 4.79 Å². The van der Waals surface area contributed by atoms with Gasteiger partial charge in [0.15, 0.2) is 0 Å². The fraction of sp³-hybridized carbons (Fsp3) is 0.300. The molecule has 2 aromatic heterocycles. The molecule has 3 aromatic rings. The highest BCUT2D eigenvalue weighted by Crippen LogP contribution is 2.23. The van der Waals surface area contributed by atoms with Crippen LogP contribution in [0, 0.1) is 13.8 Å². The molecule has 0 saturated heterocycles. The number of nitrogens with zero attached hydrogens (tertiary/aromatic N) is 2. The maximum absolute atomic E-state index is 12.4. The first kappa shape index (κ1) is 19.5. The van der Waals surface area contributed by atoms with E-state index in [4.69, 9.17) is 16.3 Å². The lowest BCUT2D eigenvalue weighted by atomic mass is 10.2. The minimum Gasteiger partial charge on any atom is -0.489 e. The maximum Gasteiger partial charge on any atom is 0.261 e. The van der Waals surface area contributed by atoms with Crippen LogP contribution in [-0.2, 0) is 19.7 Å². The summed E-state index contributed by atoms with van der Waals surface area (Å²) in [6, 6.07) is 7.43. The van der Waals surface area contributed by atoms with Crippen molar-refractivity contribution >= 4 is 28.8 Å². The average Bonchev–Trinajstić information content (AvgIpc) is 3.27. The summed E-state index contributed by atoms with van der Waals surface area (Å²) in [5.74, 6) is 0.676. The van der Waals surface area contributed by atoms with Gasteiger partial charge in [-0.2, -0.15) is 5.10 Å². The van der Waals surface area contributed by atoms with Crippen LogP contribution in [-0.4, -0.2) is 15.7 Å². The predicted octanol–water partition coefficient (Wildman–Crippen LogP) is 4.74. The zero-order valence-corrected chi connectivity index (χ0v) is 17.2. The van der Waals surface area contributed by atoms with Crippen molar-refractivity contribution in [3.63, 3.8) is 0 Å². The Labute approximate surface area is 167 Å². The number of hydrogen-bond acceptors (Lipinski definition) is 4. The van der Waals surface area contributed by atoms with Gasteiger partial charge in [-0.05, 0) is 56.0 Å². The molecule has 0 bridgehead atoms. The Morgan fingerprint density at radius 3 is 2.85 bits per heavy atom. The molecule has 1 amide bonds. The number of aryl methyl sites for hydroxylation is 2. The molecule has 0 atom stereocenters. The number of ether oxygens (including phenoxy) is 1. The Morgan fingerprint density at radius 2 is 2.15 bits per heavy atom. The van der Waals surface area contributed by atoms with Gasteiger partial charge in [-0.15, -0.1) is 11.3 Å². The molecule has 0 radical (unpaired) electrons. The van der Waals surface area contributed by atoms with Gasteiger partial charge in [-0.1, -0.05) is 11.6 Å². The van der Waals surface area contributed by atoms with Crippen LogP contribution in [0.3, 0.4) is 0 Å². The first-order valence-corrected chi connectivity index (χ1v) is 9.99. The molecule has 7 heteroatoms. The minimum absolute atomic E-state index is 0.0859. The van der Waals surface area contributed by atoms with Gasteiger partial charge < -0.3 is 10.1 Å². The average molecular weight is 404 g/mol. The molecule has 2 heterocycles. The van der Waals surface area contributed by atoms with Crippen LogP contribution >= 0.6 is 22.9 Å². The standard InChI is InChI=1S/C20H22ClN3O2S/c1-4-24-14(3)16(10-23-24)9-22-20(25)19-8-15(12-27-19)11-26-17-5-6-18(21)13(2)7-17/h5-8,10,12H,4,9,11H2,1-3H3,(H,22,25). The zero-order chi connectivity index (χ0) is 19.4. The molecule has 0 aliphatic heterocycles. The molecular weight excluding hydrogens is 382 g/mol. The highest BCUT2D eigenvalue weighted by Gasteiger charge is 2.11. The summed E-state index contributed by atoms with van der Waals surface area (Å²) in [6.45, 7) is 7.70. The van der Waals surface area contributed by atoms with Crippen LogP contribution in [0.25, 0.3) is 0 Å². The molecule has 1 aromatic carbocycles. The van der Waals surface area contributed by atoms with Crippen molar-refractivity contribution in [2.24, 2.45) is 0 Å². The highest BCUT2D eigenvalue weighted by molar-refractivity contribution is 7.12. The van der Waals surface area contributed by atoms with E-state index in [-0.39, 0.29) is 5.91 Å². The van der Waals surface area contributed by atoms with Gasteiger partial charge in [-0.3, -0.25) is 9.48 Å². The summed E-state index contributed by atoms with van der Waals surface area (Å²) < 4.78 is 7.70. The van der Waals surface area contributed by atoms with E-state index >= 15 is 0 Å². The normalized spacial score (nSPS) is 10.8. The first-order valence-electron chi connectivity index (χ1n) is 8.73. The second-order valence-electron chi connectivity index (χ2n) is 6.27. The molecule has 5 nitrogen and oxygen atoms in total. The smallest absolute Gasteiger partial charge is 0.261 e. The molecular formula is C20H22ClN3O2S. The molecule has 0 fully saturated rings. The molecule has 27 heavy (non-hydrogen) atoms. The molecule has 0 aliphatic rings. The molecule has 142 valence electrons. The largest absolute Gasteiger partial charge is 0.489 e. The summed E-state index contributed by atoms with van der Waals surface area (Å²) in [6.07, 6.45) is 1.81. The van der Waals surface area contributed by atoms with E-state index in [1.165, 1.54) is 11.3 Å². The van der Waals surface area contributed by atoms with Crippen molar-refractivity contribution < 1.29 is 9.53 Å². The number of halogens is 1. The summed E-state index contributed by atoms with van der Waals surface area (Å²) in [5, 5.41) is 9.92. The Bertz CT molecular complexity index is 949. The van der Waals surface area contributed by atoms with Crippen LogP contribution in [0.2, 0.25) is 5.02 Å². The van der Waals surface area contributed by atoms with Crippen LogP contribution < -0.4 is 10.1 Å². The molecule has 0 saturated carbocycles. The number of carbonyl (C=O) groups is 1. The van der Waals surface area contributed by atoms with Crippen molar-refractivity contribution in [3.05, 3.63) is 68.1 Å². The second-order valence-corrected chi connectivity index (χ2v) is 7.59. The summed E-state index contributed by atoms with van der Waals surface area (Å²) >= 11 is 7.44. The number of carbonyl (C=O) groups excluding carboxylic acids is 1. The van der Waals surface area contributed by atoms with Gasteiger partial charge in [0.2, 0.25) is 0 Å². The van der Waals surface area contributed by atoms with Crippen molar-refractivity contribution in [1.29, 1.82) is 0 Å². The SMILES string of the molecule is CCn1ncc(CNC(=O)c2cc(COc3ccc(Cl)c(C)c3)cs2)c1C. The van der Waals surface area contributed by atoms with E-state index in [1.54, 1.807) is 6.20 Å². The number of rotatable bonds is 7. The second kappa shape index (κ2) is 8.59. The number of amides is 1. The van der Waals surface area contributed by atoms with Gasteiger partial charge >= 0.3 is 0 Å². The van der Waals surface area contributed by atoms with Gasteiger partial charge in [0.25, 0.3) is 5.91 Å². The van der Waals surface area contributed by atoms with Crippen LogP contribution in [0.15, 0.2) is 35.8 Å². The minimum atomic E-state index is -0.0859. The fourth-order valence-corrected chi connectivity index (χ4v) is 3.61. The van der Waals surface area contributed by atoms with Crippen molar-refractivity contribution in [2.45, 2.75) is 40.5 Å². The lowest BCUT2D eigenvalue weighted by Crippen LogP contribution is -2.22. The summed E-state index contributed by atoms with van der Waals surface area (Å²) in [7, 11) is 0. The van der Waals surface area contributed by atoms with Gasteiger partial charge in [-0.25, -0.2) is 0 Å². The number of nitrogens with one attached hydrogen (secondary N) is 1. The number of benzene rings is 1. The number of aromatic nitrogens is 2. The molecule has 0 spiro atoms. The van der Waals surface area contributed by atoms with Crippen LogP contribution in [0.5, 0.6) is 5.75 Å². The van der Waals surface area contributed by atoms with Gasteiger partial charge in [0.1, 0.15) is 12.4 Å². The Hall–Kier alpha value is -2.31. The van der Waals surface area contributed by atoms with Crippen molar-refractivity contribution in [2.75, 3.05) is 0 Å². The monoisotopic (exact) mass is 403 g/mol. The number of hydrogen-bond donors (Lipinski definition) is 1. The van der Waals surface area contributed by atoms with Crippen molar-refractivity contribution in [3.8, 4) is 5.75 Å². The van der Waals surface area contributed by atoms with E-state index in [2.05, 4.69) is 10.4 Å². The van der Waals surface area contributed by atoms with Gasteiger partial charge in [0, 0.05) is 34.9 Å². The Kier molecular flexibility index (Phi) is 6.19. The predicted molar refractivity (Wildman–Crippen MR) is 109 cm³/mol. The summed E-state index contributed by atoms with van der Waals surface area (Å²) in [4.78, 5) is 13.1. The van der Waals surface area contributed by atoms with E-state index in [1.807, 2.05) is 55.1 Å². The molecule has 0 unspecified atom stereocenters. The molecule has 0 aliphatic carbocycles. The van der Waals surface area contributed by atoms with E-state index < -0.39 is 0 Å². The molecule has 3 rings (SSSR count). The Balaban J connectivity index is 1.55. The van der Waals surface area contributed by atoms with E-state index in [0.717, 1.165) is 39.7 Å². The highest BCUT2D eigenvalue weighted by atomic mass is 35.5. The maximum atomic E-state index is 12.4. The Morgan fingerprint density at radius 1 is 1.33 bits per heavy atom. The van der Waals surface area contributed by atoms with Crippen LogP contribution in [0.1, 0.15) is 39.0 Å². The summed E-state index contributed by atoms with van der Waals surface area (Å²) in [5.41, 5.74) is 4.05. The zero-order valence-electron chi connectivity index (χ0n) is 15.6. The lowest BCUT2D eigenvalue weighted by Gasteiger charge is -2.06. The number of thiophene rings is 1. The van der Waals surface area contributed by atoms with Crippen LogP contribution in [0.4, 0.5) is 0 Å². The lowest BCUT2D eigenvalue weighted by molar-refractivity contribution is 0.0955. The quantitative estimate of drug-likeness (QED) is 0.619. The van der Waals surface area contributed by atoms with Gasteiger partial charge in [0.05, 0.1) is 11.1 Å². The third-order valence-corrected chi connectivity index (χ3v) is 5.76. The van der Waals surface area contributed by atoms with E-state index in [0.29, 0.717) is 18.0 Å². The fourth-order valence-electron chi connectivity index (χ4n) is 2.68. The third kappa shape index (κ3) is 4.70. The van der Waals surface area contributed by atoms with Crippen molar-refractivity contribution in [1.82, 2.24) is 15.1 Å². The molecule has 1 N–H and O–H groups in total. The third-order valence-electron chi connectivity index (χ3n) is 4.36. The topological polar surface area (TPSA) is 56.2 Å². The first-order chi connectivity index (χ1) is 13.0.